The lowest BCUT2D eigenvalue weighted by molar-refractivity contribution is 0.0317. The van der Waals surface area contributed by atoms with E-state index in [-0.39, 0.29) is 17.1 Å². The number of esters is 1. The maximum Gasteiger partial charge on any atom is 0.339 e. The highest BCUT2D eigenvalue weighted by molar-refractivity contribution is 6.31. The molecule has 0 bridgehead atoms. The van der Waals surface area contributed by atoms with Gasteiger partial charge >= 0.3 is 5.97 Å². The molecule has 0 aromatic heterocycles. The summed E-state index contributed by atoms with van der Waals surface area (Å²) in [6, 6.07) is 18.7. The van der Waals surface area contributed by atoms with Gasteiger partial charge in [-0.25, -0.2) is 4.79 Å². The molecule has 4 nitrogen and oxygen atoms in total. The lowest BCUT2D eigenvalue weighted by Gasteiger charge is -2.14. The number of hydrogen-bond donors (Lipinski definition) is 0. The highest BCUT2D eigenvalue weighted by Crippen LogP contribution is 2.38. The van der Waals surface area contributed by atoms with Crippen LogP contribution in [0, 0.1) is 0 Å². The third-order valence-electron chi connectivity index (χ3n) is 4.74. The van der Waals surface area contributed by atoms with E-state index >= 15 is 0 Å². The highest BCUT2D eigenvalue weighted by Gasteiger charge is 2.32. The van der Waals surface area contributed by atoms with Crippen LogP contribution in [0.3, 0.4) is 0 Å². The molecule has 0 N–H and O–H groups in total. The van der Waals surface area contributed by atoms with Gasteiger partial charge in [-0.3, -0.25) is 9.59 Å². The van der Waals surface area contributed by atoms with Crippen LogP contribution in [-0.4, -0.2) is 23.6 Å². The summed E-state index contributed by atoms with van der Waals surface area (Å²) in [6.07, 6.45) is -1.01. The molecule has 0 heterocycles. The second kappa shape index (κ2) is 7.06. The second-order valence-corrected chi connectivity index (χ2v) is 6.96. The summed E-state index contributed by atoms with van der Waals surface area (Å²) >= 11 is 5.92. The Balaban J connectivity index is 1.62. The Bertz CT molecular complexity index is 1130. The van der Waals surface area contributed by atoms with E-state index in [1.165, 1.54) is 13.0 Å². The predicted octanol–water partition coefficient (Wildman–Crippen LogP) is 4.98. The molecule has 1 aliphatic rings. The number of carbonyl (C=O) groups is 3. The van der Waals surface area contributed by atoms with Crippen LogP contribution >= 0.6 is 11.6 Å². The Morgan fingerprint density at radius 1 is 0.893 bits per heavy atom. The van der Waals surface area contributed by atoms with Crippen molar-refractivity contribution in [3.8, 4) is 11.1 Å². The average Bonchev–Trinajstić information content (AvgIpc) is 3.00. The molecule has 1 aliphatic carbocycles. The molecule has 3 aromatic rings. The molecule has 0 saturated carbocycles. The van der Waals surface area contributed by atoms with Crippen LogP contribution in [0.2, 0.25) is 5.02 Å². The maximum absolute atomic E-state index is 12.8. The first-order valence-corrected chi connectivity index (χ1v) is 9.13. The van der Waals surface area contributed by atoms with Crippen molar-refractivity contribution in [1.82, 2.24) is 0 Å². The SMILES string of the molecule is C[C@@H](OC(=O)c1cccc2c1C(=O)c1ccccc1-2)C(=O)c1cccc(Cl)c1. The Kier molecular flexibility index (Phi) is 4.57. The summed E-state index contributed by atoms with van der Waals surface area (Å²) in [4.78, 5) is 38.1. The number of rotatable bonds is 4. The van der Waals surface area contributed by atoms with Gasteiger partial charge < -0.3 is 4.74 Å². The van der Waals surface area contributed by atoms with Gasteiger partial charge in [-0.15, -0.1) is 0 Å². The summed E-state index contributed by atoms with van der Waals surface area (Å²) in [6.45, 7) is 1.50. The third-order valence-corrected chi connectivity index (χ3v) is 4.97. The van der Waals surface area contributed by atoms with E-state index in [0.29, 0.717) is 27.3 Å². The molecule has 138 valence electrons. The zero-order valence-electron chi connectivity index (χ0n) is 14.9. The molecule has 0 aliphatic heterocycles. The lowest BCUT2D eigenvalue weighted by Crippen LogP contribution is -2.25. The van der Waals surface area contributed by atoms with Crippen molar-refractivity contribution in [3.05, 3.63) is 94.0 Å². The standard InChI is InChI=1S/C23H15ClO4/c1-13(21(25)14-6-4-7-15(24)12-14)28-23(27)19-11-5-10-17-16-8-2-3-9-18(16)22(26)20(17)19/h2-13H,1H3/t13-/m1/s1. The fourth-order valence-corrected chi connectivity index (χ4v) is 3.59. The molecule has 0 spiro atoms. The number of ketones is 2. The fourth-order valence-electron chi connectivity index (χ4n) is 3.40. The van der Waals surface area contributed by atoms with Gasteiger partial charge in [0.2, 0.25) is 5.78 Å². The van der Waals surface area contributed by atoms with Crippen molar-refractivity contribution in [2.45, 2.75) is 13.0 Å². The molecule has 0 saturated heterocycles. The topological polar surface area (TPSA) is 60.4 Å². The van der Waals surface area contributed by atoms with Crippen LogP contribution in [0.4, 0.5) is 0 Å². The van der Waals surface area contributed by atoms with Crippen LogP contribution in [-0.2, 0) is 4.74 Å². The van der Waals surface area contributed by atoms with Crippen LogP contribution in [0.15, 0.2) is 66.7 Å². The van der Waals surface area contributed by atoms with E-state index < -0.39 is 12.1 Å². The fraction of sp³-hybridized carbons (Fsp3) is 0.0870. The van der Waals surface area contributed by atoms with E-state index in [1.54, 1.807) is 48.5 Å². The highest BCUT2D eigenvalue weighted by atomic mass is 35.5. The largest absolute Gasteiger partial charge is 0.451 e. The Morgan fingerprint density at radius 3 is 2.32 bits per heavy atom. The molecule has 3 aromatic carbocycles. The van der Waals surface area contributed by atoms with Crippen LogP contribution < -0.4 is 0 Å². The number of halogens is 1. The Morgan fingerprint density at radius 2 is 1.57 bits per heavy atom. The first-order valence-electron chi connectivity index (χ1n) is 8.75. The third kappa shape index (κ3) is 3.02. The molecule has 0 fully saturated rings. The van der Waals surface area contributed by atoms with E-state index in [0.717, 1.165) is 5.56 Å². The van der Waals surface area contributed by atoms with Crippen molar-refractivity contribution in [2.24, 2.45) is 0 Å². The van der Waals surface area contributed by atoms with Gasteiger partial charge in [0.05, 0.1) is 5.56 Å². The molecule has 5 heteroatoms. The summed E-state index contributed by atoms with van der Waals surface area (Å²) in [7, 11) is 0. The second-order valence-electron chi connectivity index (χ2n) is 6.52. The molecule has 4 rings (SSSR count). The van der Waals surface area contributed by atoms with Crippen molar-refractivity contribution in [1.29, 1.82) is 0 Å². The molecule has 1 atom stereocenters. The van der Waals surface area contributed by atoms with Crippen molar-refractivity contribution in [3.63, 3.8) is 0 Å². The summed E-state index contributed by atoms with van der Waals surface area (Å²) in [5, 5.41) is 0.425. The normalized spacial score (nSPS) is 12.9. The summed E-state index contributed by atoms with van der Waals surface area (Å²) < 4.78 is 5.38. The minimum absolute atomic E-state index is 0.157. The van der Waals surface area contributed by atoms with Crippen molar-refractivity contribution < 1.29 is 19.1 Å². The van der Waals surface area contributed by atoms with Crippen LogP contribution in [0.25, 0.3) is 11.1 Å². The minimum atomic E-state index is -1.01. The first-order chi connectivity index (χ1) is 13.5. The van der Waals surface area contributed by atoms with Gasteiger partial charge in [0.15, 0.2) is 11.9 Å². The number of ether oxygens (including phenoxy) is 1. The smallest absolute Gasteiger partial charge is 0.339 e. The zero-order chi connectivity index (χ0) is 19.8. The molecule has 28 heavy (non-hydrogen) atoms. The van der Waals surface area contributed by atoms with E-state index in [1.807, 2.05) is 12.1 Å². The van der Waals surface area contributed by atoms with Gasteiger partial charge in [-0.05, 0) is 36.2 Å². The molecular weight excluding hydrogens is 376 g/mol. The van der Waals surface area contributed by atoms with Crippen molar-refractivity contribution >= 4 is 29.1 Å². The van der Waals surface area contributed by atoms with Gasteiger partial charge in [0.25, 0.3) is 0 Å². The summed E-state index contributed by atoms with van der Waals surface area (Å²) in [5.74, 6) is -1.29. The van der Waals surface area contributed by atoms with E-state index in [2.05, 4.69) is 0 Å². The van der Waals surface area contributed by atoms with E-state index in [9.17, 15) is 14.4 Å². The number of benzene rings is 3. The monoisotopic (exact) mass is 390 g/mol. The lowest BCUT2D eigenvalue weighted by atomic mass is 10.0. The van der Waals surface area contributed by atoms with E-state index in [4.69, 9.17) is 16.3 Å². The quantitative estimate of drug-likeness (QED) is 0.364. The zero-order valence-corrected chi connectivity index (χ0v) is 15.7. The van der Waals surface area contributed by atoms with Gasteiger partial charge in [-0.2, -0.15) is 0 Å². The first kappa shape index (κ1) is 18.1. The number of hydrogen-bond acceptors (Lipinski definition) is 4. The van der Waals surface area contributed by atoms with Crippen molar-refractivity contribution in [2.75, 3.05) is 0 Å². The number of fused-ring (bicyclic) bond motifs is 3. The minimum Gasteiger partial charge on any atom is -0.451 e. The molecule has 0 unspecified atom stereocenters. The predicted molar refractivity (Wildman–Crippen MR) is 106 cm³/mol. The van der Waals surface area contributed by atoms with Crippen LogP contribution in [0.1, 0.15) is 43.6 Å². The van der Waals surface area contributed by atoms with Gasteiger partial charge in [-0.1, -0.05) is 60.1 Å². The Hall–Kier alpha value is -3.24. The Labute approximate surface area is 166 Å². The average molecular weight is 391 g/mol. The van der Waals surface area contributed by atoms with Gasteiger partial charge in [0, 0.05) is 21.7 Å². The molecule has 0 amide bonds. The number of carbonyl (C=O) groups excluding carboxylic acids is 3. The molecular formula is C23H15ClO4. The maximum atomic E-state index is 12.8. The van der Waals surface area contributed by atoms with Gasteiger partial charge in [0.1, 0.15) is 0 Å². The molecule has 0 radical (unpaired) electrons. The van der Waals surface area contributed by atoms with Crippen LogP contribution in [0.5, 0.6) is 0 Å². The summed E-state index contributed by atoms with van der Waals surface area (Å²) in [5.41, 5.74) is 2.87. The number of Topliss-reactive ketones (excluding diaryl/α,β-unsaturated/α-hetero) is 1.